The monoisotopic (exact) mass is 446 g/mol. The first kappa shape index (κ1) is 23.2. The second kappa shape index (κ2) is 11.2. The molecule has 2 aromatic carbocycles. The van der Waals surface area contributed by atoms with E-state index in [2.05, 4.69) is 5.32 Å². The molecule has 9 heteroatoms. The second-order valence-electron chi connectivity index (χ2n) is 7.20. The largest absolute Gasteiger partial charge is 0.497 e. The third-order valence-electron chi connectivity index (χ3n) is 4.79. The molecular formula is C22H27N2O6P. The van der Waals surface area contributed by atoms with Gasteiger partial charge in [0.2, 0.25) is 0 Å². The molecule has 31 heavy (non-hydrogen) atoms. The Hall–Kier alpha value is -2.51. The fourth-order valence-electron chi connectivity index (χ4n) is 3.03. The summed E-state index contributed by atoms with van der Waals surface area (Å²) in [6.45, 7) is 2.09. The van der Waals surface area contributed by atoms with E-state index >= 15 is 0 Å². The first-order valence-corrected chi connectivity index (χ1v) is 11.8. The molecule has 1 aliphatic heterocycles. The van der Waals surface area contributed by atoms with Crippen LogP contribution in [0.3, 0.4) is 0 Å². The maximum Gasteiger partial charge on any atom is 0.497 e. The Morgan fingerprint density at radius 2 is 1.52 bits per heavy atom. The summed E-state index contributed by atoms with van der Waals surface area (Å²) in [4.78, 5) is 25.1. The Morgan fingerprint density at radius 3 is 2.03 bits per heavy atom. The van der Waals surface area contributed by atoms with E-state index in [9.17, 15) is 14.2 Å². The smallest absolute Gasteiger partial charge is 0.335 e. The number of phosphoric acid groups is 1. The first-order chi connectivity index (χ1) is 15.0. The van der Waals surface area contributed by atoms with Gasteiger partial charge in [0.1, 0.15) is 0 Å². The summed E-state index contributed by atoms with van der Waals surface area (Å²) < 4.78 is 29.7. The SMILES string of the molecule is CCCCC1CNC(=O)N(OP(=O)(OCc2ccccc2)OCc2ccccc2)C1=O. The maximum atomic E-state index is 13.4. The van der Waals surface area contributed by atoms with Gasteiger partial charge in [0.15, 0.2) is 0 Å². The molecule has 1 aliphatic rings. The van der Waals surface area contributed by atoms with Crippen LogP contribution < -0.4 is 5.32 Å². The molecule has 1 heterocycles. The van der Waals surface area contributed by atoms with E-state index in [1.54, 1.807) is 24.3 Å². The van der Waals surface area contributed by atoms with Gasteiger partial charge in [0.25, 0.3) is 5.91 Å². The van der Waals surface area contributed by atoms with Crippen LogP contribution in [0.5, 0.6) is 0 Å². The van der Waals surface area contributed by atoms with Gasteiger partial charge in [-0.05, 0) is 17.5 Å². The fraction of sp³-hybridized carbons (Fsp3) is 0.364. The van der Waals surface area contributed by atoms with Gasteiger partial charge in [-0.3, -0.25) is 13.8 Å². The van der Waals surface area contributed by atoms with Crippen LogP contribution in [0.4, 0.5) is 4.79 Å². The average Bonchev–Trinajstić information content (AvgIpc) is 2.80. The van der Waals surface area contributed by atoms with Gasteiger partial charge in [0.05, 0.1) is 19.1 Å². The van der Waals surface area contributed by atoms with Crippen molar-refractivity contribution in [1.29, 1.82) is 0 Å². The van der Waals surface area contributed by atoms with Crippen LogP contribution in [0.1, 0.15) is 37.3 Å². The van der Waals surface area contributed by atoms with E-state index in [-0.39, 0.29) is 19.8 Å². The van der Waals surface area contributed by atoms with Gasteiger partial charge < -0.3 is 5.32 Å². The lowest BCUT2D eigenvalue weighted by Crippen LogP contribution is -2.54. The second-order valence-corrected chi connectivity index (χ2v) is 8.78. The van der Waals surface area contributed by atoms with Crippen LogP contribution in [0.15, 0.2) is 60.7 Å². The van der Waals surface area contributed by atoms with Crippen LogP contribution >= 0.6 is 7.82 Å². The van der Waals surface area contributed by atoms with E-state index in [0.717, 1.165) is 24.0 Å². The van der Waals surface area contributed by atoms with Gasteiger partial charge in [-0.25, -0.2) is 9.36 Å². The van der Waals surface area contributed by atoms with Crippen LogP contribution in [0.25, 0.3) is 0 Å². The third kappa shape index (κ3) is 6.74. The van der Waals surface area contributed by atoms with Crippen LogP contribution in [0, 0.1) is 5.92 Å². The number of unbranched alkanes of at least 4 members (excludes halogenated alkanes) is 1. The topological polar surface area (TPSA) is 94.2 Å². The van der Waals surface area contributed by atoms with Crippen molar-refractivity contribution in [2.24, 2.45) is 5.92 Å². The molecule has 1 fully saturated rings. The number of nitrogens with one attached hydrogen (secondary N) is 1. The highest BCUT2D eigenvalue weighted by Crippen LogP contribution is 2.52. The van der Waals surface area contributed by atoms with Crippen molar-refractivity contribution < 1.29 is 27.8 Å². The van der Waals surface area contributed by atoms with E-state index in [0.29, 0.717) is 11.5 Å². The highest BCUT2D eigenvalue weighted by molar-refractivity contribution is 7.48. The lowest BCUT2D eigenvalue weighted by molar-refractivity contribution is -0.159. The van der Waals surface area contributed by atoms with Crippen molar-refractivity contribution in [3.63, 3.8) is 0 Å². The van der Waals surface area contributed by atoms with Crippen molar-refractivity contribution in [3.8, 4) is 0 Å². The number of rotatable bonds is 11. The molecule has 0 radical (unpaired) electrons. The zero-order valence-electron chi connectivity index (χ0n) is 17.4. The normalized spacial score (nSPS) is 16.9. The molecule has 0 aromatic heterocycles. The molecule has 1 unspecified atom stereocenters. The molecule has 0 spiro atoms. The Morgan fingerprint density at radius 1 is 0.968 bits per heavy atom. The number of amides is 3. The molecule has 1 saturated heterocycles. The Kier molecular flexibility index (Phi) is 8.37. The molecule has 166 valence electrons. The average molecular weight is 446 g/mol. The number of nitrogens with zero attached hydrogens (tertiary/aromatic N) is 1. The van der Waals surface area contributed by atoms with E-state index in [1.165, 1.54) is 0 Å². The number of benzene rings is 2. The predicted molar refractivity (Wildman–Crippen MR) is 114 cm³/mol. The zero-order chi connectivity index (χ0) is 22.1. The van der Waals surface area contributed by atoms with Gasteiger partial charge in [0, 0.05) is 6.54 Å². The highest BCUT2D eigenvalue weighted by atomic mass is 31.2. The Balaban J connectivity index is 1.74. The summed E-state index contributed by atoms with van der Waals surface area (Å²) in [5.41, 5.74) is 1.48. The van der Waals surface area contributed by atoms with Crippen molar-refractivity contribution in [2.45, 2.75) is 39.4 Å². The minimum absolute atomic E-state index is 0.0736. The number of urea groups is 1. The number of carbonyl (C=O) groups excluding carboxylic acids is 2. The van der Waals surface area contributed by atoms with E-state index in [1.807, 2.05) is 43.3 Å². The zero-order valence-corrected chi connectivity index (χ0v) is 18.3. The highest BCUT2D eigenvalue weighted by Gasteiger charge is 2.41. The van der Waals surface area contributed by atoms with Crippen LogP contribution in [0.2, 0.25) is 0 Å². The van der Waals surface area contributed by atoms with Crippen molar-refractivity contribution in [3.05, 3.63) is 71.8 Å². The van der Waals surface area contributed by atoms with E-state index < -0.39 is 25.7 Å². The summed E-state index contributed by atoms with van der Waals surface area (Å²) >= 11 is 0. The minimum atomic E-state index is -4.30. The lowest BCUT2D eigenvalue weighted by Gasteiger charge is -2.31. The summed E-state index contributed by atoms with van der Waals surface area (Å²) in [5, 5.41) is 3.09. The van der Waals surface area contributed by atoms with Gasteiger partial charge >= 0.3 is 13.9 Å². The Labute approximate surface area is 182 Å². The number of hydrogen-bond acceptors (Lipinski definition) is 6. The third-order valence-corrected chi connectivity index (χ3v) is 6.04. The Bertz CT molecular complexity index is 861. The van der Waals surface area contributed by atoms with Crippen molar-refractivity contribution >= 4 is 19.8 Å². The number of phosphoric ester groups is 1. The van der Waals surface area contributed by atoms with Crippen molar-refractivity contribution in [1.82, 2.24) is 10.4 Å². The minimum Gasteiger partial charge on any atom is -0.335 e. The molecule has 2 aromatic rings. The molecule has 1 atom stereocenters. The summed E-state index contributed by atoms with van der Waals surface area (Å²) in [5.74, 6) is -1.00. The molecule has 0 bridgehead atoms. The van der Waals surface area contributed by atoms with Crippen molar-refractivity contribution in [2.75, 3.05) is 6.54 Å². The molecule has 0 saturated carbocycles. The number of hydrogen-bond donors (Lipinski definition) is 1. The molecule has 3 amide bonds. The van der Waals surface area contributed by atoms with Gasteiger partial charge in [-0.1, -0.05) is 80.4 Å². The molecular weight excluding hydrogens is 419 g/mol. The first-order valence-electron chi connectivity index (χ1n) is 10.3. The van der Waals surface area contributed by atoms with E-state index in [4.69, 9.17) is 13.7 Å². The van der Waals surface area contributed by atoms with Crippen LogP contribution in [-0.4, -0.2) is 23.5 Å². The molecule has 8 nitrogen and oxygen atoms in total. The van der Waals surface area contributed by atoms with Gasteiger partial charge in [-0.15, -0.1) is 5.06 Å². The quantitative estimate of drug-likeness (QED) is 0.498. The number of hydroxylamine groups is 2. The summed E-state index contributed by atoms with van der Waals surface area (Å²) in [6.07, 6.45) is 2.33. The standard InChI is InChI=1S/C22H27N2O6P/c1-2-3-14-20-15-23-22(26)24(21(20)25)30-31(27,28-16-18-10-6-4-7-11-18)29-17-19-12-8-5-9-13-19/h4-13,20H,2-3,14-17H2,1H3,(H,23,26). The predicted octanol–water partition coefficient (Wildman–Crippen LogP) is 4.82. The number of carbonyl (C=O) groups is 2. The number of imide groups is 1. The maximum absolute atomic E-state index is 13.4. The van der Waals surface area contributed by atoms with Crippen LogP contribution in [-0.2, 0) is 36.2 Å². The molecule has 0 aliphatic carbocycles. The molecule has 1 N–H and O–H groups in total. The molecule has 3 rings (SSSR count). The lowest BCUT2D eigenvalue weighted by atomic mass is 10.00. The summed E-state index contributed by atoms with van der Waals surface area (Å²) in [6, 6.07) is 17.3. The van der Waals surface area contributed by atoms with Gasteiger partial charge in [-0.2, -0.15) is 4.62 Å². The fourth-order valence-corrected chi connectivity index (χ4v) is 4.17. The summed E-state index contributed by atoms with van der Waals surface area (Å²) in [7, 11) is -4.30.